The van der Waals surface area contributed by atoms with E-state index in [4.69, 9.17) is 18.9 Å². The van der Waals surface area contributed by atoms with Gasteiger partial charge < -0.3 is 24.1 Å². The Kier molecular flexibility index (Phi) is 5.89. The second-order valence-corrected chi connectivity index (χ2v) is 5.01. The van der Waals surface area contributed by atoms with Gasteiger partial charge in [-0.3, -0.25) is 4.79 Å². The topological polar surface area (TPSA) is 74.2 Å². The molecule has 25 heavy (non-hydrogen) atoms. The maximum absolute atomic E-state index is 12.6. The highest BCUT2D eigenvalue weighted by atomic mass is 16.5. The standard InChI is InChI=1S/C19H20O6/c1-22-13-8-5-12(6-9-13)7-10-14(20)17-15(23-2)11-16(24-3)19(25-4)18(17)21/h5-11,21H,1-4H3/b10-7+. The number of rotatable bonds is 7. The smallest absolute Gasteiger partial charge is 0.204 e. The summed E-state index contributed by atoms with van der Waals surface area (Å²) in [4.78, 5) is 12.6. The van der Waals surface area contributed by atoms with Crippen LogP contribution < -0.4 is 18.9 Å². The van der Waals surface area contributed by atoms with E-state index in [0.717, 1.165) is 11.3 Å². The third-order valence-corrected chi connectivity index (χ3v) is 3.62. The highest BCUT2D eigenvalue weighted by Gasteiger charge is 2.23. The zero-order chi connectivity index (χ0) is 18.4. The number of aromatic hydroxyl groups is 1. The number of allylic oxidation sites excluding steroid dienone is 1. The number of ketones is 1. The summed E-state index contributed by atoms with van der Waals surface area (Å²) >= 11 is 0. The zero-order valence-corrected chi connectivity index (χ0v) is 14.5. The summed E-state index contributed by atoms with van der Waals surface area (Å²) in [6.45, 7) is 0. The zero-order valence-electron chi connectivity index (χ0n) is 14.5. The quantitative estimate of drug-likeness (QED) is 0.613. The van der Waals surface area contributed by atoms with Gasteiger partial charge in [-0.2, -0.15) is 0 Å². The first kappa shape index (κ1) is 18.2. The molecule has 0 aliphatic heterocycles. The van der Waals surface area contributed by atoms with E-state index in [1.54, 1.807) is 25.3 Å². The van der Waals surface area contributed by atoms with Crippen molar-refractivity contribution in [2.75, 3.05) is 28.4 Å². The van der Waals surface area contributed by atoms with E-state index < -0.39 is 5.78 Å². The fraction of sp³-hybridized carbons (Fsp3) is 0.211. The number of carbonyl (C=O) groups is 1. The molecule has 6 nitrogen and oxygen atoms in total. The van der Waals surface area contributed by atoms with Crippen molar-refractivity contribution in [2.24, 2.45) is 0 Å². The Balaban J connectivity index is 2.38. The lowest BCUT2D eigenvalue weighted by atomic mass is 10.1. The molecule has 2 rings (SSSR count). The Morgan fingerprint density at radius 3 is 2.08 bits per heavy atom. The number of phenolic OH excluding ortho intramolecular Hbond substituents is 1. The summed E-state index contributed by atoms with van der Waals surface area (Å²) in [6, 6.07) is 8.70. The van der Waals surface area contributed by atoms with Crippen molar-refractivity contribution < 1.29 is 28.8 Å². The van der Waals surface area contributed by atoms with Crippen LogP contribution in [0.15, 0.2) is 36.4 Å². The first-order valence-electron chi connectivity index (χ1n) is 7.44. The SMILES string of the molecule is COc1ccc(/C=C/C(=O)c2c(OC)cc(OC)c(OC)c2O)cc1. The van der Waals surface area contributed by atoms with Gasteiger partial charge in [0, 0.05) is 6.07 Å². The van der Waals surface area contributed by atoms with Crippen LogP contribution >= 0.6 is 0 Å². The van der Waals surface area contributed by atoms with Crippen LogP contribution in [0.25, 0.3) is 6.08 Å². The van der Waals surface area contributed by atoms with Gasteiger partial charge in [0.05, 0.1) is 28.4 Å². The normalized spacial score (nSPS) is 10.6. The van der Waals surface area contributed by atoms with Crippen LogP contribution in [0.4, 0.5) is 0 Å². The molecule has 0 spiro atoms. The summed E-state index contributed by atoms with van der Waals surface area (Å²) < 4.78 is 20.6. The van der Waals surface area contributed by atoms with E-state index in [9.17, 15) is 9.90 Å². The maximum Gasteiger partial charge on any atom is 0.204 e. The van der Waals surface area contributed by atoms with Gasteiger partial charge in [-0.25, -0.2) is 0 Å². The molecule has 0 aliphatic rings. The average molecular weight is 344 g/mol. The third-order valence-electron chi connectivity index (χ3n) is 3.62. The molecule has 0 saturated heterocycles. The Hall–Kier alpha value is -3.15. The molecule has 1 N–H and O–H groups in total. The lowest BCUT2D eigenvalue weighted by Gasteiger charge is -2.15. The van der Waals surface area contributed by atoms with Gasteiger partial charge in [0.15, 0.2) is 17.3 Å². The highest BCUT2D eigenvalue weighted by molar-refractivity contribution is 6.11. The van der Waals surface area contributed by atoms with Gasteiger partial charge in [0.25, 0.3) is 0 Å². The highest BCUT2D eigenvalue weighted by Crippen LogP contribution is 2.44. The van der Waals surface area contributed by atoms with E-state index >= 15 is 0 Å². The number of phenols is 1. The molecule has 0 atom stereocenters. The second kappa shape index (κ2) is 8.10. The van der Waals surface area contributed by atoms with Crippen LogP contribution in [0.2, 0.25) is 0 Å². The van der Waals surface area contributed by atoms with E-state index in [1.807, 2.05) is 12.1 Å². The third kappa shape index (κ3) is 3.85. The predicted octanol–water partition coefficient (Wildman–Crippen LogP) is 3.32. The molecule has 0 fully saturated rings. The first-order valence-corrected chi connectivity index (χ1v) is 7.44. The Bertz CT molecular complexity index is 777. The number of benzene rings is 2. The fourth-order valence-corrected chi connectivity index (χ4v) is 2.32. The molecule has 2 aromatic carbocycles. The summed E-state index contributed by atoms with van der Waals surface area (Å²) in [5.74, 6) is 0.508. The van der Waals surface area contributed by atoms with Crippen molar-refractivity contribution in [3.8, 4) is 28.7 Å². The van der Waals surface area contributed by atoms with Gasteiger partial charge in [-0.15, -0.1) is 0 Å². The summed E-state index contributed by atoms with van der Waals surface area (Å²) in [6.07, 6.45) is 2.99. The predicted molar refractivity (Wildman–Crippen MR) is 94.1 cm³/mol. The van der Waals surface area contributed by atoms with E-state index in [0.29, 0.717) is 0 Å². The summed E-state index contributed by atoms with van der Waals surface area (Å²) in [7, 11) is 5.80. The van der Waals surface area contributed by atoms with Crippen molar-refractivity contribution in [1.29, 1.82) is 0 Å². The van der Waals surface area contributed by atoms with Crippen LogP contribution in [-0.4, -0.2) is 39.3 Å². The van der Waals surface area contributed by atoms with Crippen molar-refractivity contribution >= 4 is 11.9 Å². The molecule has 0 aromatic heterocycles. The summed E-state index contributed by atoms with van der Waals surface area (Å²) in [5.41, 5.74) is 0.818. The molecule has 2 aromatic rings. The molecular weight excluding hydrogens is 324 g/mol. The van der Waals surface area contributed by atoms with Crippen LogP contribution in [0, 0.1) is 0 Å². The van der Waals surface area contributed by atoms with Gasteiger partial charge >= 0.3 is 0 Å². The van der Waals surface area contributed by atoms with Gasteiger partial charge in [-0.05, 0) is 23.8 Å². The molecular formula is C19H20O6. The Morgan fingerprint density at radius 2 is 1.56 bits per heavy atom. The lowest BCUT2D eigenvalue weighted by Crippen LogP contribution is -2.03. The molecule has 0 radical (unpaired) electrons. The average Bonchev–Trinajstić information content (AvgIpc) is 2.65. The number of hydrogen-bond donors (Lipinski definition) is 1. The van der Waals surface area contributed by atoms with Crippen molar-refractivity contribution in [2.45, 2.75) is 0 Å². The molecule has 6 heteroatoms. The second-order valence-electron chi connectivity index (χ2n) is 5.01. The molecule has 132 valence electrons. The fourth-order valence-electron chi connectivity index (χ4n) is 2.32. The molecule has 0 amide bonds. The van der Waals surface area contributed by atoms with Gasteiger partial charge in [0.1, 0.15) is 17.1 Å². The van der Waals surface area contributed by atoms with Crippen molar-refractivity contribution in [1.82, 2.24) is 0 Å². The van der Waals surface area contributed by atoms with E-state index in [1.165, 1.54) is 33.5 Å². The van der Waals surface area contributed by atoms with Crippen LogP contribution in [0.3, 0.4) is 0 Å². The van der Waals surface area contributed by atoms with Gasteiger partial charge in [0.2, 0.25) is 5.75 Å². The van der Waals surface area contributed by atoms with Crippen LogP contribution in [-0.2, 0) is 0 Å². The van der Waals surface area contributed by atoms with Crippen molar-refractivity contribution in [3.63, 3.8) is 0 Å². The van der Waals surface area contributed by atoms with E-state index in [-0.39, 0.29) is 28.6 Å². The Labute approximate surface area is 146 Å². The van der Waals surface area contributed by atoms with Crippen molar-refractivity contribution in [3.05, 3.63) is 47.5 Å². The minimum Gasteiger partial charge on any atom is -0.504 e. The minimum atomic E-state index is -0.425. The maximum atomic E-state index is 12.6. The van der Waals surface area contributed by atoms with E-state index in [2.05, 4.69) is 0 Å². The molecule has 0 aliphatic carbocycles. The number of carbonyl (C=O) groups excluding carboxylic acids is 1. The number of ether oxygens (including phenoxy) is 4. The minimum absolute atomic E-state index is 0.00455. The molecule has 0 bridgehead atoms. The monoisotopic (exact) mass is 344 g/mol. The van der Waals surface area contributed by atoms with Crippen LogP contribution in [0.5, 0.6) is 28.7 Å². The van der Waals surface area contributed by atoms with Crippen LogP contribution in [0.1, 0.15) is 15.9 Å². The first-order chi connectivity index (χ1) is 12.0. The molecule has 0 saturated carbocycles. The van der Waals surface area contributed by atoms with Gasteiger partial charge in [-0.1, -0.05) is 18.2 Å². The number of methoxy groups -OCH3 is 4. The number of hydrogen-bond acceptors (Lipinski definition) is 6. The largest absolute Gasteiger partial charge is 0.504 e. The Morgan fingerprint density at radius 1 is 0.920 bits per heavy atom. The molecule has 0 unspecified atom stereocenters. The lowest BCUT2D eigenvalue weighted by molar-refractivity contribution is 0.104. The molecule has 0 heterocycles. The summed E-state index contributed by atoms with van der Waals surface area (Å²) in [5, 5.41) is 10.4.